The van der Waals surface area contributed by atoms with Crippen molar-refractivity contribution in [2.75, 3.05) is 25.0 Å². The lowest BCUT2D eigenvalue weighted by atomic mass is 10.1. The Morgan fingerprint density at radius 3 is 2.71 bits per heavy atom. The molecule has 1 aromatic carbocycles. The summed E-state index contributed by atoms with van der Waals surface area (Å²) in [5, 5.41) is 12.5. The first kappa shape index (κ1) is 14.8. The molecule has 6 heteroatoms. The molecule has 0 atom stereocenters. The maximum Gasteiger partial charge on any atom is 0.336 e. The highest BCUT2D eigenvalue weighted by Crippen LogP contribution is 2.20. The van der Waals surface area contributed by atoms with Gasteiger partial charge in [0.2, 0.25) is 5.91 Å². The lowest BCUT2D eigenvalue weighted by Gasteiger charge is -2.18. The van der Waals surface area contributed by atoms with Gasteiger partial charge in [-0.15, -0.1) is 0 Å². The van der Waals surface area contributed by atoms with Gasteiger partial charge in [-0.25, -0.2) is 9.78 Å². The molecule has 21 heavy (non-hydrogen) atoms. The van der Waals surface area contributed by atoms with E-state index in [2.05, 4.69) is 10.3 Å². The van der Waals surface area contributed by atoms with Crippen LogP contribution in [0.15, 0.2) is 30.3 Å². The molecule has 0 bridgehead atoms. The molecule has 0 saturated carbocycles. The van der Waals surface area contributed by atoms with Crippen LogP contribution in [-0.4, -0.2) is 42.1 Å². The number of benzene rings is 1. The predicted molar refractivity (Wildman–Crippen MR) is 80.7 cm³/mol. The summed E-state index contributed by atoms with van der Waals surface area (Å²) in [6.45, 7) is 2.64. The van der Waals surface area contributed by atoms with Gasteiger partial charge in [-0.2, -0.15) is 0 Å². The average molecular weight is 287 g/mol. The zero-order chi connectivity index (χ0) is 15.4. The molecule has 0 aliphatic heterocycles. The standard InChI is InChI=1S/C15H17N3O3/c1-3-16-14(19)9-18(2)13-8-7-10-11(15(20)21)5-4-6-12(10)17-13/h4-8H,3,9H2,1-2H3,(H,16,19)(H,20,21). The largest absolute Gasteiger partial charge is 0.478 e. The highest BCUT2D eigenvalue weighted by atomic mass is 16.4. The van der Waals surface area contributed by atoms with Crippen molar-refractivity contribution in [3.05, 3.63) is 35.9 Å². The summed E-state index contributed by atoms with van der Waals surface area (Å²) in [6, 6.07) is 8.39. The molecule has 0 saturated heterocycles. The average Bonchev–Trinajstić information content (AvgIpc) is 2.46. The zero-order valence-electron chi connectivity index (χ0n) is 12.0. The van der Waals surface area contributed by atoms with Crippen LogP contribution in [0.5, 0.6) is 0 Å². The van der Waals surface area contributed by atoms with Crippen molar-refractivity contribution in [2.45, 2.75) is 6.92 Å². The highest BCUT2D eigenvalue weighted by molar-refractivity contribution is 6.02. The fourth-order valence-corrected chi connectivity index (χ4v) is 2.09. The number of carbonyl (C=O) groups excluding carboxylic acids is 1. The molecule has 0 radical (unpaired) electrons. The Balaban J connectivity index is 2.31. The van der Waals surface area contributed by atoms with Crippen molar-refractivity contribution in [2.24, 2.45) is 0 Å². The van der Waals surface area contributed by atoms with Crippen LogP contribution in [0.25, 0.3) is 10.9 Å². The van der Waals surface area contributed by atoms with E-state index in [1.54, 1.807) is 42.3 Å². The van der Waals surface area contributed by atoms with Crippen LogP contribution in [0, 0.1) is 0 Å². The number of rotatable bonds is 5. The molecule has 0 spiro atoms. The van der Waals surface area contributed by atoms with Crippen molar-refractivity contribution in [1.29, 1.82) is 0 Å². The Labute approximate surface area is 122 Å². The minimum Gasteiger partial charge on any atom is -0.478 e. The minimum absolute atomic E-state index is 0.0822. The Hall–Kier alpha value is -2.63. The zero-order valence-corrected chi connectivity index (χ0v) is 12.0. The van der Waals surface area contributed by atoms with E-state index in [-0.39, 0.29) is 18.0 Å². The van der Waals surface area contributed by atoms with Crippen molar-refractivity contribution >= 4 is 28.6 Å². The Morgan fingerprint density at radius 1 is 1.29 bits per heavy atom. The van der Waals surface area contributed by atoms with E-state index in [1.165, 1.54) is 0 Å². The SMILES string of the molecule is CCNC(=O)CN(C)c1ccc2c(C(=O)O)cccc2n1. The third-order valence-electron chi connectivity index (χ3n) is 3.09. The van der Waals surface area contributed by atoms with E-state index in [1.807, 2.05) is 6.92 Å². The van der Waals surface area contributed by atoms with Gasteiger partial charge < -0.3 is 15.3 Å². The maximum atomic E-state index is 11.6. The molecule has 2 rings (SSSR count). The van der Waals surface area contributed by atoms with E-state index in [9.17, 15) is 9.59 Å². The molecule has 2 aromatic rings. The maximum absolute atomic E-state index is 11.6. The summed E-state index contributed by atoms with van der Waals surface area (Å²) in [7, 11) is 1.77. The number of aromatic carboxylic acids is 1. The predicted octanol–water partition coefficient (Wildman–Crippen LogP) is 1.51. The number of hydrogen-bond donors (Lipinski definition) is 2. The Morgan fingerprint density at radius 2 is 2.05 bits per heavy atom. The molecule has 110 valence electrons. The monoisotopic (exact) mass is 287 g/mol. The lowest BCUT2D eigenvalue weighted by molar-refractivity contribution is -0.119. The van der Waals surface area contributed by atoms with Crippen LogP contribution < -0.4 is 10.2 Å². The van der Waals surface area contributed by atoms with Crippen molar-refractivity contribution in [1.82, 2.24) is 10.3 Å². The molecule has 1 aromatic heterocycles. The number of amides is 1. The first-order valence-corrected chi connectivity index (χ1v) is 6.64. The van der Waals surface area contributed by atoms with Crippen LogP contribution in [0.3, 0.4) is 0 Å². The van der Waals surface area contributed by atoms with Crippen molar-refractivity contribution in [3.8, 4) is 0 Å². The lowest BCUT2D eigenvalue weighted by Crippen LogP contribution is -2.35. The van der Waals surface area contributed by atoms with Gasteiger partial charge in [-0.1, -0.05) is 6.07 Å². The number of fused-ring (bicyclic) bond motifs is 1. The van der Waals surface area contributed by atoms with Gasteiger partial charge in [-0.3, -0.25) is 4.79 Å². The van der Waals surface area contributed by atoms with Crippen molar-refractivity contribution < 1.29 is 14.7 Å². The normalized spacial score (nSPS) is 10.4. The molecule has 1 amide bonds. The minimum atomic E-state index is -0.981. The number of nitrogens with zero attached hydrogens (tertiary/aromatic N) is 2. The van der Waals surface area contributed by atoms with Gasteiger partial charge in [0, 0.05) is 19.0 Å². The summed E-state index contributed by atoms with van der Waals surface area (Å²) in [6.07, 6.45) is 0. The highest BCUT2D eigenvalue weighted by Gasteiger charge is 2.12. The fourth-order valence-electron chi connectivity index (χ4n) is 2.09. The van der Waals surface area contributed by atoms with Crippen LogP contribution >= 0.6 is 0 Å². The molecule has 0 aliphatic carbocycles. The van der Waals surface area contributed by atoms with Gasteiger partial charge in [0.25, 0.3) is 0 Å². The quantitative estimate of drug-likeness (QED) is 0.871. The molecular formula is C15H17N3O3. The van der Waals surface area contributed by atoms with E-state index in [4.69, 9.17) is 5.11 Å². The second kappa shape index (κ2) is 6.21. The number of hydrogen-bond acceptors (Lipinski definition) is 4. The second-order valence-corrected chi connectivity index (χ2v) is 4.66. The summed E-state index contributed by atoms with van der Waals surface area (Å²) in [5.41, 5.74) is 0.813. The second-order valence-electron chi connectivity index (χ2n) is 4.66. The summed E-state index contributed by atoms with van der Waals surface area (Å²) in [5.74, 6) is -0.441. The topological polar surface area (TPSA) is 82.5 Å². The number of likely N-dealkylation sites (N-methyl/N-ethyl adjacent to an activating group) is 2. The van der Waals surface area contributed by atoms with Crippen LogP contribution in [0.4, 0.5) is 5.82 Å². The van der Waals surface area contributed by atoms with Gasteiger partial charge in [0.1, 0.15) is 5.82 Å². The smallest absolute Gasteiger partial charge is 0.336 e. The van der Waals surface area contributed by atoms with E-state index in [0.29, 0.717) is 23.3 Å². The number of anilines is 1. The van der Waals surface area contributed by atoms with Gasteiger partial charge >= 0.3 is 5.97 Å². The molecule has 0 aliphatic rings. The van der Waals surface area contributed by atoms with Gasteiger partial charge in [-0.05, 0) is 31.2 Å². The molecule has 6 nitrogen and oxygen atoms in total. The molecule has 2 N–H and O–H groups in total. The van der Waals surface area contributed by atoms with E-state index < -0.39 is 5.97 Å². The first-order valence-electron chi connectivity index (χ1n) is 6.64. The van der Waals surface area contributed by atoms with E-state index in [0.717, 1.165) is 0 Å². The number of aromatic nitrogens is 1. The number of nitrogens with one attached hydrogen (secondary N) is 1. The van der Waals surface area contributed by atoms with Gasteiger partial charge in [0.05, 0.1) is 17.6 Å². The number of pyridine rings is 1. The Bertz CT molecular complexity index is 685. The number of carboxylic acid groups (broad SMARTS) is 1. The number of carbonyl (C=O) groups is 2. The van der Waals surface area contributed by atoms with Gasteiger partial charge in [0.15, 0.2) is 0 Å². The van der Waals surface area contributed by atoms with E-state index >= 15 is 0 Å². The van der Waals surface area contributed by atoms with Crippen molar-refractivity contribution in [3.63, 3.8) is 0 Å². The summed E-state index contributed by atoms with van der Waals surface area (Å²) in [4.78, 5) is 28.9. The molecule has 1 heterocycles. The first-order chi connectivity index (χ1) is 10.0. The van der Waals surface area contributed by atoms with Crippen LogP contribution in [0.2, 0.25) is 0 Å². The molecular weight excluding hydrogens is 270 g/mol. The number of carboxylic acids is 1. The molecule has 0 fully saturated rings. The van der Waals surface area contributed by atoms with Crippen LogP contribution in [0.1, 0.15) is 17.3 Å². The third kappa shape index (κ3) is 3.28. The fraction of sp³-hybridized carbons (Fsp3) is 0.267. The summed E-state index contributed by atoms with van der Waals surface area (Å²) < 4.78 is 0. The summed E-state index contributed by atoms with van der Waals surface area (Å²) >= 11 is 0. The molecule has 0 unspecified atom stereocenters. The Kier molecular flexibility index (Phi) is 4.37. The third-order valence-corrected chi connectivity index (χ3v) is 3.09. The van der Waals surface area contributed by atoms with Crippen LogP contribution in [-0.2, 0) is 4.79 Å².